The van der Waals surface area contributed by atoms with Gasteiger partial charge in [0.25, 0.3) is 0 Å². The van der Waals surface area contributed by atoms with E-state index in [2.05, 4.69) is 22.8 Å². The van der Waals surface area contributed by atoms with Gasteiger partial charge in [-0.3, -0.25) is 0 Å². The third-order valence-electron chi connectivity index (χ3n) is 2.60. The largest absolute Gasteiger partial charge is 0.311 e. The van der Waals surface area contributed by atoms with E-state index in [9.17, 15) is 0 Å². The van der Waals surface area contributed by atoms with Crippen molar-refractivity contribution in [2.45, 2.75) is 58.0 Å². The second-order valence-corrected chi connectivity index (χ2v) is 3.98. The van der Waals surface area contributed by atoms with Crippen LogP contribution >= 0.6 is 0 Å². The zero-order valence-corrected chi connectivity index (χ0v) is 9.42. The summed E-state index contributed by atoms with van der Waals surface area (Å²) in [6.45, 7) is 5.18. The molecule has 0 saturated heterocycles. The molecule has 3 heteroatoms. The molecule has 0 aliphatic heterocycles. The summed E-state index contributed by atoms with van der Waals surface area (Å²) in [6, 6.07) is 1.55. The smallest absolute Gasteiger partial charge is 0.0330 e. The molecule has 1 saturated carbocycles. The summed E-state index contributed by atoms with van der Waals surface area (Å²) >= 11 is 0. The Bertz CT molecular complexity index is 164. The van der Waals surface area contributed by atoms with E-state index in [1.165, 1.54) is 32.1 Å². The fourth-order valence-electron chi connectivity index (χ4n) is 1.57. The molecule has 82 valence electrons. The third kappa shape index (κ3) is 5.22. The molecule has 0 radical (unpaired) electrons. The second-order valence-electron chi connectivity index (χ2n) is 3.98. The van der Waals surface area contributed by atoms with Crippen LogP contribution < -0.4 is 10.7 Å². The van der Waals surface area contributed by atoms with Crippen LogP contribution in [0.15, 0.2) is 5.10 Å². The highest BCUT2D eigenvalue weighted by molar-refractivity contribution is 5.52. The van der Waals surface area contributed by atoms with E-state index < -0.39 is 0 Å². The summed E-state index contributed by atoms with van der Waals surface area (Å²) in [5.41, 5.74) is 3.03. The standard InChI is InChI=1S/C11H23N3/c1-3-10(14-11-7-8-11)6-5-9-13-12-4-2/h4,10-11,13-14H,3,5-9H2,1-2H3/b12-4-. The molecule has 1 rings (SSSR count). The Balaban J connectivity index is 1.95. The molecule has 0 aromatic carbocycles. The molecule has 1 unspecified atom stereocenters. The third-order valence-corrected chi connectivity index (χ3v) is 2.60. The lowest BCUT2D eigenvalue weighted by atomic mass is 10.1. The summed E-state index contributed by atoms with van der Waals surface area (Å²) in [5.74, 6) is 0. The van der Waals surface area contributed by atoms with Crippen LogP contribution in [0.2, 0.25) is 0 Å². The van der Waals surface area contributed by atoms with Gasteiger partial charge >= 0.3 is 0 Å². The molecule has 0 aromatic rings. The van der Waals surface area contributed by atoms with E-state index in [-0.39, 0.29) is 0 Å². The maximum Gasteiger partial charge on any atom is 0.0330 e. The molecule has 14 heavy (non-hydrogen) atoms. The number of nitrogens with zero attached hydrogens (tertiary/aromatic N) is 1. The van der Waals surface area contributed by atoms with Gasteiger partial charge in [-0.05, 0) is 39.0 Å². The minimum absolute atomic E-state index is 0.718. The summed E-state index contributed by atoms with van der Waals surface area (Å²) in [7, 11) is 0. The highest BCUT2D eigenvalue weighted by Crippen LogP contribution is 2.20. The molecule has 0 amide bonds. The predicted molar refractivity (Wildman–Crippen MR) is 61.6 cm³/mol. The van der Waals surface area contributed by atoms with Crippen LogP contribution in [0, 0.1) is 0 Å². The van der Waals surface area contributed by atoms with E-state index in [0.29, 0.717) is 0 Å². The van der Waals surface area contributed by atoms with Gasteiger partial charge in [0, 0.05) is 24.8 Å². The van der Waals surface area contributed by atoms with Gasteiger partial charge in [0.1, 0.15) is 0 Å². The Morgan fingerprint density at radius 2 is 2.29 bits per heavy atom. The lowest BCUT2D eigenvalue weighted by Crippen LogP contribution is -2.30. The van der Waals surface area contributed by atoms with Gasteiger partial charge in [-0.1, -0.05) is 6.92 Å². The van der Waals surface area contributed by atoms with Crippen molar-refractivity contribution in [3.05, 3.63) is 0 Å². The van der Waals surface area contributed by atoms with Gasteiger partial charge in [0.05, 0.1) is 0 Å². The average molecular weight is 197 g/mol. The van der Waals surface area contributed by atoms with Gasteiger partial charge < -0.3 is 10.7 Å². The van der Waals surface area contributed by atoms with Crippen molar-refractivity contribution in [2.24, 2.45) is 5.10 Å². The van der Waals surface area contributed by atoms with Gasteiger partial charge in [0.2, 0.25) is 0 Å². The van der Waals surface area contributed by atoms with Crippen LogP contribution in [0.25, 0.3) is 0 Å². The Morgan fingerprint density at radius 1 is 1.50 bits per heavy atom. The summed E-state index contributed by atoms with van der Waals surface area (Å²) in [5, 5.41) is 7.64. The molecule has 1 aliphatic carbocycles. The summed E-state index contributed by atoms with van der Waals surface area (Å²) in [6.07, 6.45) is 8.27. The van der Waals surface area contributed by atoms with Gasteiger partial charge in [-0.2, -0.15) is 5.10 Å². The van der Waals surface area contributed by atoms with E-state index >= 15 is 0 Å². The molecular formula is C11H23N3. The number of hydrazone groups is 1. The first kappa shape index (κ1) is 11.5. The summed E-state index contributed by atoms with van der Waals surface area (Å²) in [4.78, 5) is 0. The Morgan fingerprint density at radius 3 is 2.86 bits per heavy atom. The lowest BCUT2D eigenvalue weighted by molar-refractivity contribution is 0.447. The van der Waals surface area contributed by atoms with E-state index in [0.717, 1.165) is 18.6 Å². The topological polar surface area (TPSA) is 36.4 Å². The first-order chi connectivity index (χ1) is 6.86. The van der Waals surface area contributed by atoms with Crippen LogP contribution in [0.1, 0.15) is 46.0 Å². The maximum absolute atomic E-state index is 3.97. The lowest BCUT2D eigenvalue weighted by Gasteiger charge is -2.16. The van der Waals surface area contributed by atoms with Crippen molar-refractivity contribution in [3.8, 4) is 0 Å². The first-order valence-corrected chi connectivity index (χ1v) is 5.83. The Labute approximate surface area is 87.3 Å². The number of hydrogen-bond acceptors (Lipinski definition) is 3. The molecule has 1 atom stereocenters. The minimum atomic E-state index is 0.718. The molecule has 0 aromatic heterocycles. The van der Waals surface area contributed by atoms with Crippen molar-refractivity contribution in [3.63, 3.8) is 0 Å². The van der Waals surface area contributed by atoms with Crippen LogP contribution in [0.5, 0.6) is 0 Å². The zero-order valence-electron chi connectivity index (χ0n) is 9.42. The van der Waals surface area contributed by atoms with Gasteiger partial charge in [-0.15, -0.1) is 0 Å². The second kappa shape index (κ2) is 6.82. The van der Waals surface area contributed by atoms with Gasteiger partial charge in [0.15, 0.2) is 0 Å². The normalized spacial score (nSPS) is 18.7. The van der Waals surface area contributed by atoms with E-state index in [1.807, 2.05) is 6.92 Å². The fraction of sp³-hybridized carbons (Fsp3) is 0.909. The predicted octanol–water partition coefficient (Wildman–Crippen LogP) is 1.89. The van der Waals surface area contributed by atoms with Crippen LogP contribution in [0.4, 0.5) is 0 Å². The van der Waals surface area contributed by atoms with Crippen molar-refractivity contribution in [2.75, 3.05) is 6.54 Å². The van der Waals surface area contributed by atoms with Crippen LogP contribution in [-0.4, -0.2) is 24.8 Å². The Kier molecular flexibility index (Phi) is 5.60. The SMILES string of the molecule is C/C=N\NCCCC(CC)NC1CC1. The highest BCUT2D eigenvalue weighted by atomic mass is 15.3. The van der Waals surface area contributed by atoms with Crippen LogP contribution in [0.3, 0.4) is 0 Å². The number of hydrogen-bond donors (Lipinski definition) is 2. The molecule has 0 heterocycles. The average Bonchev–Trinajstić information content (AvgIpc) is 2.99. The molecule has 0 bridgehead atoms. The van der Waals surface area contributed by atoms with Crippen LogP contribution in [-0.2, 0) is 0 Å². The molecule has 1 aliphatic rings. The zero-order chi connectivity index (χ0) is 10.2. The summed E-state index contributed by atoms with van der Waals surface area (Å²) < 4.78 is 0. The van der Waals surface area contributed by atoms with Crippen molar-refractivity contribution in [1.82, 2.24) is 10.7 Å². The minimum Gasteiger partial charge on any atom is -0.311 e. The fourth-order valence-corrected chi connectivity index (χ4v) is 1.57. The number of rotatable bonds is 8. The highest BCUT2D eigenvalue weighted by Gasteiger charge is 2.23. The molecule has 2 N–H and O–H groups in total. The Hall–Kier alpha value is -0.570. The van der Waals surface area contributed by atoms with Crippen molar-refractivity contribution < 1.29 is 0 Å². The molecule has 3 nitrogen and oxygen atoms in total. The first-order valence-electron chi connectivity index (χ1n) is 5.83. The van der Waals surface area contributed by atoms with Crippen molar-refractivity contribution >= 4 is 6.21 Å². The van der Waals surface area contributed by atoms with E-state index in [4.69, 9.17) is 0 Å². The van der Waals surface area contributed by atoms with Crippen molar-refractivity contribution in [1.29, 1.82) is 0 Å². The van der Waals surface area contributed by atoms with E-state index in [1.54, 1.807) is 6.21 Å². The molecular weight excluding hydrogens is 174 g/mol. The molecule has 1 fully saturated rings. The number of nitrogens with one attached hydrogen (secondary N) is 2. The maximum atomic E-state index is 3.97. The monoisotopic (exact) mass is 197 g/mol. The quantitative estimate of drug-likeness (QED) is 0.354. The van der Waals surface area contributed by atoms with Gasteiger partial charge in [-0.25, -0.2) is 0 Å². The molecule has 0 spiro atoms.